The van der Waals surface area contributed by atoms with Crippen LogP contribution in [0.25, 0.3) is 0 Å². The van der Waals surface area contributed by atoms with Gasteiger partial charge < -0.3 is 5.32 Å². The van der Waals surface area contributed by atoms with Crippen molar-refractivity contribution in [3.8, 4) is 0 Å². The number of imide groups is 1. The summed E-state index contributed by atoms with van der Waals surface area (Å²) in [5, 5.41) is 6.49. The molecule has 140 valence electrons. The summed E-state index contributed by atoms with van der Waals surface area (Å²) in [6.45, 7) is 9.70. The smallest absolute Gasteiger partial charge is 0.324 e. The molecule has 1 aromatic rings. The van der Waals surface area contributed by atoms with Crippen LogP contribution in [0.3, 0.4) is 0 Å². The van der Waals surface area contributed by atoms with Crippen LogP contribution >= 0.6 is 0 Å². The predicted octanol–water partition coefficient (Wildman–Crippen LogP) is 2.15. The minimum absolute atomic E-state index is 0.00442. The van der Waals surface area contributed by atoms with E-state index in [1.54, 1.807) is 20.1 Å². The summed E-state index contributed by atoms with van der Waals surface area (Å²) in [5.41, 5.74) is 3.65. The first-order valence-corrected chi connectivity index (χ1v) is 8.57. The number of hydrazone groups is 1. The lowest BCUT2D eigenvalue weighted by atomic mass is 9.87. The number of rotatable bonds is 5. The fourth-order valence-electron chi connectivity index (χ4n) is 2.54. The Morgan fingerprint density at radius 1 is 1.23 bits per heavy atom. The number of amides is 4. The maximum atomic E-state index is 12.0. The second kappa shape index (κ2) is 7.27. The summed E-state index contributed by atoms with van der Waals surface area (Å²) in [6.07, 6.45) is 1.55. The first-order chi connectivity index (χ1) is 12.0. The van der Waals surface area contributed by atoms with Crippen molar-refractivity contribution in [1.29, 1.82) is 0 Å². The van der Waals surface area contributed by atoms with Crippen LogP contribution in [0, 0.1) is 0 Å². The van der Waals surface area contributed by atoms with Gasteiger partial charge in [0.2, 0.25) is 5.91 Å². The summed E-state index contributed by atoms with van der Waals surface area (Å²) >= 11 is 0. The first-order valence-electron chi connectivity index (χ1n) is 8.57. The van der Waals surface area contributed by atoms with E-state index in [9.17, 15) is 14.4 Å². The van der Waals surface area contributed by atoms with Gasteiger partial charge in [-0.25, -0.2) is 10.2 Å². The lowest BCUT2D eigenvalue weighted by Gasteiger charge is -2.18. The number of hydrogen-bond acceptors (Lipinski definition) is 4. The molecule has 0 saturated carbocycles. The van der Waals surface area contributed by atoms with Gasteiger partial charge in [-0.15, -0.1) is 0 Å². The van der Waals surface area contributed by atoms with Crippen LogP contribution in [0.5, 0.6) is 0 Å². The molecule has 0 bridgehead atoms. The van der Waals surface area contributed by atoms with Crippen molar-refractivity contribution in [2.45, 2.75) is 52.0 Å². The molecule has 1 saturated heterocycles. The van der Waals surface area contributed by atoms with E-state index in [4.69, 9.17) is 0 Å². The molecule has 7 heteroatoms. The van der Waals surface area contributed by atoms with Gasteiger partial charge in [-0.3, -0.25) is 14.5 Å². The van der Waals surface area contributed by atoms with Crippen molar-refractivity contribution in [3.05, 3.63) is 35.4 Å². The summed E-state index contributed by atoms with van der Waals surface area (Å²) < 4.78 is 0. The Kier molecular flexibility index (Phi) is 5.49. The monoisotopic (exact) mass is 358 g/mol. The molecule has 0 unspecified atom stereocenters. The third-order valence-corrected chi connectivity index (χ3v) is 4.19. The topological polar surface area (TPSA) is 90.9 Å². The molecule has 0 aromatic heterocycles. The molecule has 1 heterocycles. The van der Waals surface area contributed by atoms with Crippen molar-refractivity contribution in [2.75, 3.05) is 6.54 Å². The standard InChI is InChI=1S/C19H26N4O3/c1-18(2,3)14-8-6-13(7-9-14)12-20-22-15(24)10-11-23-16(25)19(4,5)21-17(23)26/h6-9,12H,10-11H2,1-5H3,(H,21,26)(H,22,24)/b20-12-. The second-order valence-corrected chi connectivity index (χ2v) is 7.93. The van der Waals surface area contributed by atoms with Gasteiger partial charge in [0.25, 0.3) is 5.91 Å². The van der Waals surface area contributed by atoms with E-state index in [1.165, 1.54) is 5.56 Å². The van der Waals surface area contributed by atoms with Crippen LogP contribution in [0.2, 0.25) is 0 Å². The number of carbonyl (C=O) groups is 3. The molecule has 7 nitrogen and oxygen atoms in total. The van der Waals surface area contributed by atoms with Crippen LogP contribution in [-0.2, 0) is 15.0 Å². The maximum absolute atomic E-state index is 12.0. The molecule has 0 spiro atoms. The molecule has 0 aliphatic carbocycles. The molecule has 2 rings (SSSR count). The largest absolute Gasteiger partial charge is 0.325 e. The molecular weight excluding hydrogens is 332 g/mol. The molecule has 1 fully saturated rings. The van der Waals surface area contributed by atoms with Gasteiger partial charge in [-0.1, -0.05) is 45.0 Å². The number of nitrogens with one attached hydrogen (secondary N) is 2. The average Bonchev–Trinajstić information content (AvgIpc) is 2.73. The van der Waals surface area contributed by atoms with Crippen LogP contribution < -0.4 is 10.7 Å². The highest BCUT2D eigenvalue weighted by atomic mass is 16.2. The molecule has 1 aromatic carbocycles. The van der Waals surface area contributed by atoms with Gasteiger partial charge >= 0.3 is 6.03 Å². The lowest BCUT2D eigenvalue weighted by molar-refractivity contribution is -0.130. The third kappa shape index (κ3) is 4.68. The fourth-order valence-corrected chi connectivity index (χ4v) is 2.54. The summed E-state index contributed by atoms with van der Waals surface area (Å²) in [5.74, 6) is -0.699. The molecule has 0 radical (unpaired) electrons. The fraction of sp³-hybridized carbons (Fsp3) is 0.474. The maximum Gasteiger partial charge on any atom is 0.325 e. The van der Waals surface area contributed by atoms with E-state index in [0.717, 1.165) is 10.5 Å². The Labute approximate surface area is 153 Å². The second-order valence-electron chi connectivity index (χ2n) is 7.93. The van der Waals surface area contributed by atoms with Crippen molar-refractivity contribution in [2.24, 2.45) is 5.10 Å². The quantitative estimate of drug-likeness (QED) is 0.480. The Bertz CT molecular complexity index is 730. The van der Waals surface area contributed by atoms with E-state index in [-0.39, 0.29) is 30.2 Å². The highest BCUT2D eigenvalue weighted by molar-refractivity contribution is 6.06. The van der Waals surface area contributed by atoms with Crippen molar-refractivity contribution in [1.82, 2.24) is 15.6 Å². The zero-order valence-electron chi connectivity index (χ0n) is 15.9. The summed E-state index contributed by atoms with van der Waals surface area (Å²) in [7, 11) is 0. The zero-order chi connectivity index (χ0) is 19.5. The van der Waals surface area contributed by atoms with Crippen LogP contribution in [0.1, 0.15) is 52.2 Å². The van der Waals surface area contributed by atoms with Crippen LogP contribution in [-0.4, -0.2) is 41.0 Å². The van der Waals surface area contributed by atoms with Crippen LogP contribution in [0.4, 0.5) is 4.79 Å². The average molecular weight is 358 g/mol. The molecule has 4 amide bonds. The molecule has 0 atom stereocenters. The molecular formula is C19H26N4O3. The Morgan fingerprint density at radius 3 is 2.35 bits per heavy atom. The molecule has 2 N–H and O–H groups in total. The van der Waals surface area contributed by atoms with E-state index in [2.05, 4.69) is 36.6 Å². The van der Waals surface area contributed by atoms with Crippen LogP contribution in [0.15, 0.2) is 29.4 Å². The zero-order valence-corrected chi connectivity index (χ0v) is 15.9. The number of nitrogens with zero attached hydrogens (tertiary/aromatic N) is 2. The van der Waals surface area contributed by atoms with E-state index in [1.807, 2.05) is 24.3 Å². The summed E-state index contributed by atoms with van der Waals surface area (Å²) in [6, 6.07) is 7.46. The van der Waals surface area contributed by atoms with Gasteiger partial charge in [-0.2, -0.15) is 5.10 Å². The summed E-state index contributed by atoms with van der Waals surface area (Å²) in [4.78, 5) is 36.7. The Hall–Kier alpha value is -2.70. The normalized spacial score (nSPS) is 16.9. The minimum Gasteiger partial charge on any atom is -0.324 e. The number of carbonyl (C=O) groups excluding carboxylic acids is 3. The third-order valence-electron chi connectivity index (χ3n) is 4.19. The first kappa shape index (κ1) is 19.6. The van der Waals surface area contributed by atoms with E-state index in [0.29, 0.717) is 0 Å². The highest BCUT2D eigenvalue weighted by Gasteiger charge is 2.43. The molecule has 26 heavy (non-hydrogen) atoms. The number of hydrogen-bond donors (Lipinski definition) is 2. The Morgan fingerprint density at radius 2 is 1.85 bits per heavy atom. The van der Waals surface area contributed by atoms with Gasteiger partial charge in [-0.05, 0) is 30.4 Å². The highest BCUT2D eigenvalue weighted by Crippen LogP contribution is 2.21. The van der Waals surface area contributed by atoms with Crippen molar-refractivity contribution >= 4 is 24.1 Å². The van der Waals surface area contributed by atoms with E-state index >= 15 is 0 Å². The SMILES string of the molecule is CC1(C)NC(=O)N(CCC(=O)N/N=C\c2ccc(C(C)(C)C)cc2)C1=O. The number of urea groups is 1. The minimum atomic E-state index is -0.926. The van der Waals surface area contributed by atoms with Gasteiger partial charge in [0.05, 0.1) is 6.21 Å². The van der Waals surface area contributed by atoms with Crippen molar-refractivity contribution < 1.29 is 14.4 Å². The van der Waals surface area contributed by atoms with Gasteiger partial charge in [0.15, 0.2) is 0 Å². The lowest BCUT2D eigenvalue weighted by Crippen LogP contribution is -2.40. The van der Waals surface area contributed by atoms with Gasteiger partial charge in [0, 0.05) is 13.0 Å². The van der Waals surface area contributed by atoms with E-state index < -0.39 is 11.6 Å². The number of benzene rings is 1. The Balaban J connectivity index is 1.83. The molecule has 1 aliphatic rings. The van der Waals surface area contributed by atoms with Crippen molar-refractivity contribution in [3.63, 3.8) is 0 Å². The molecule has 1 aliphatic heterocycles. The predicted molar refractivity (Wildman–Crippen MR) is 99.8 cm³/mol. The van der Waals surface area contributed by atoms with Gasteiger partial charge in [0.1, 0.15) is 5.54 Å².